The third-order valence-corrected chi connectivity index (χ3v) is 6.33. The van der Waals surface area contributed by atoms with Crippen LogP contribution in [0.2, 0.25) is 0 Å². The topological polar surface area (TPSA) is 89.4 Å². The minimum Gasteiger partial charge on any atom is -0.369 e. The largest absolute Gasteiger partial charge is 0.369 e. The van der Waals surface area contributed by atoms with Gasteiger partial charge in [0, 0.05) is 18.3 Å². The Balaban J connectivity index is 0.000000353. The van der Waals surface area contributed by atoms with Crippen molar-refractivity contribution in [1.29, 1.82) is 0 Å². The van der Waals surface area contributed by atoms with Crippen LogP contribution >= 0.6 is 0 Å². The van der Waals surface area contributed by atoms with Crippen molar-refractivity contribution in [3.8, 4) is 0 Å². The van der Waals surface area contributed by atoms with E-state index in [1.165, 1.54) is 12.1 Å². The molecule has 0 fully saturated rings. The van der Waals surface area contributed by atoms with E-state index in [0.29, 0.717) is 23.2 Å². The molecule has 0 unspecified atom stereocenters. The van der Waals surface area contributed by atoms with Gasteiger partial charge in [0.15, 0.2) is 0 Å². The molecule has 0 bridgehead atoms. The maximum atomic E-state index is 14.1. The first-order valence-corrected chi connectivity index (χ1v) is 12.6. The Morgan fingerprint density at radius 3 is 2.05 bits per heavy atom. The summed E-state index contributed by atoms with van der Waals surface area (Å²) < 4.78 is 27.3. The average Bonchev–Trinajstić information content (AvgIpc) is 2.92. The molecule has 0 spiro atoms. The first-order chi connectivity index (χ1) is 18.7. The van der Waals surface area contributed by atoms with Gasteiger partial charge in [-0.3, -0.25) is 9.59 Å². The Bertz CT molecular complexity index is 1400. The Morgan fingerprint density at radius 1 is 0.821 bits per heavy atom. The van der Waals surface area contributed by atoms with Crippen LogP contribution in [-0.2, 0) is 22.4 Å². The molecule has 0 heterocycles. The van der Waals surface area contributed by atoms with Crippen LogP contribution in [0.3, 0.4) is 0 Å². The van der Waals surface area contributed by atoms with Crippen molar-refractivity contribution in [2.24, 2.45) is 11.5 Å². The number of benzene rings is 4. The van der Waals surface area contributed by atoms with Crippen LogP contribution in [-0.4, -0.2) is 18.4 Å². The predicted molar refractivity (Wildman–Crippen MR) is 151 cm³/mol. The van der Waals surface area contributed by atoms with Gasteiger partial charge >= 0.3 is 0 Å². The molecule has 5 nitrogen and oxygen atoms in total. The van der Waals surface area contributed by atoms with Gasteiger partial charge in [0.1, 0.15) is 17.7 Å². The molecule has 0 radical (unpaired) electrons. The lowest BCUT2D eigenvalue weighted by Crippen LogP contribution is -2.40. The number of amides is 2. The Morgan fingerprint density at radius 2 is 1.46 bits per heavy atom. The minimum absolute atomic E-state index is 0.227. The van der Waals surface area contributed by atoms with E-state index in [1.807, 2.05) is 80.6 Å². The Hall–Kier alpha value is -4.36. The quantitative estimate of drug-likeness (QED) is 0.313. The van der Waals surface area contributed by atoms with Gasteiger partial charge in [0.2, 0.25) is 11.8 Å². The first-order valence-electron chi connectivity index (χ1n) is 12.6. The van der Waals surface area contributed by atoms with Crippen LogP contribution in [0.15, 0.2) is 97.1 Å². The number of primary amides is 1. The number of rotatable bonds is 8. The lowest BCUT2D eigenvalue weighted by Gasteiger charge is -2.27. The number of carbonyl (C=O) groups is 2. The van der Waals surface area contributed by atoms with Gasteiger partial charge in [0.05, 0.1) is 6.42 Å². The molecule has 0 saturated heterocycles. The van der Waals surface area contributed by atoms with Crippen molar-refractivity contribution in [2.45, 2.75) is 32.7 Å². The van der Waals surface area contributed by atoms with Crippen molar-refractivity contribution in [3.05, 3.63) is 137 Å². The van der Waals surface area contributed by atoms with E-state index in [1.54, 1.807) is 17.0 Å². The van der Waals surface area contributed by atoms with E-state index >= 15 is 0 Å². The minimum atomic E-state index is -0.837. The van der Waals surface area contributed by atoms with Crippen LogP contribution < -0.4 is 16.4 Å². The van der Waals surface area contributed by atoms with Crippen molar-refractivity contribution < 1.29 is 18.4 Å². The molecular weight excluding hydrogens is 496 g/mol. The molecule has 2 amide bonds. The third-order valence-electron chi connectivity index (χ3n) is 6.33. The number of halogens is 2. The molecule has 202 valence electrons. The highest BCUT2D eigenvalue weighted by atomic mass is 19.1. The molecule has 7 heteroatoms. The van der Waals surface area contributed by atoms with E-state index < -0.39 is 17.7 Å². The Kier molecular flexibility index (Phi) is 10.5. The maximum absolute atomic E-state index is 14.1. The van der Waals surface area contributed by atoms with E-state index in [-0.39, 0.29) is 24.8 Å². The fourth-order valence-electron chi connectivity index (χ4n) is 3.98. The van der Waals surface area contributed by atoms with Crippen LogP contribution in [0.5, 0.6) is 0 Å². The number of aryl methyl sites for hydroxylation is 2. The fourth-order valence-corrected chi connectivity index (χ4v) is 3.98. The number of nitrogens with zero attached hydrogens (tertiary/aromatic N) is 1. The molecular formula is C32H33F2N3O2. The molecule has 4 aromatic carbocycles. The number of carbonyl (C=O) groups excluding carboxylic acids is 2. The second-order valence-corrected chi connectivity index (χ2v) is 9.26. The summed E-state index contributed by atoms with van der Waals surface area (Å²) in [5.41, 5.74) is 16.1. The summed E-state index contributed by atoms with van der Waals surface area (Å²) in [4.78, 5) is 25.2. The number of hydrogen-bond acceptors (Lipinski definition) is 3. The molecule has 0 aliphatic heterocycles. The van der Waals surface area contributed by atoms with Crippen LogP contribution in [0.1, 0.15) is 33.9 Å². The van der Waals surface area contributed by atoms with E-state index in [4.69, 9.17) is 11.5 Å². The van der Waals surface area contributed by atoms with Gasteiger partial charge in [-0.05, 0) is 66.3 Å². The second-order valence-electron chi connectivity index (χ2n) is 9.26. The highest BCUT2D eigenvalue weighted by Crippen LogP contribution is 2.24. The molecule has 0 saturated carbocycles. The predicted octanol–water partition coefficient (Wildman–Crippen LogP) is 5.57. The third kappa shape index (κ3) is 8.58. The van der Waals surface area contributed by atoms with Gasteiger partial charge < -0.3 is 16.4 Å². The van der Waals surface area contributed by atoms with Crippen molar-refractivity contribution in [2.75, 3.05) is 11.4 Å². The van der Waals surface area contributed by atoms with E-state index in [2.05, 4.69) is 0 Å². The maximum Gasteiger partial charge on any atom is 0.248 e. The number of hydrogen-bond donors (Lipinski definition) is 2. The Labute approximate surface area is 228 Å². The zero-order chi connectivity index (χ0) is 28.4. The van der Waals surface area contributed by atoms with E-state index in [9.17, 15) is 18.4 Å². The monoisotopic (exact) mass is 529 g/mol. The zero-order valence-corrected chi connectivity index (χ0v) is 22.1. The molecule has 1 atom stereocenters. The van der Waals surface area contributed by atoms with Crippen LogP contribution in [0.25, 0.3) is 0 Å². The smallest absolute Gasteiger partial charge is 0.248 e. The lowest BCUT2D eigenvalue weighted by atomic mass is 10.0. The van der Waals surface area contributed by atoms with E-state index in [0.717, 1.165) is 22.8 Å². The summed E-state index contributed by atoms with van der Waals surface area (Å²) in [6.45, 7) is 4.19. The lowest BCUT2D eigenvalue weighted by molar-refractivity contribution is -0.120. The highest BCUT2D eigenvalue weighted by Gasteiger charge is 2.24. The molecule has 4 aromatic rings. The summed E-state index contributed by atoms with van der Waals surface area (Å²) in [7, 11) is 0. The van der Waals surface area contributed by atoms with Crippen molar-refractivity contribution in [3.63, 3.8) is 0 Å². The second kappa shape index (κ2) is 14.0. The van der Waals surface area contributed by atoms with Gasteiger partial charge in [-0.25, -0.2) is 8.78 Å². The highest BCUT2D eigenvalue weighted by molar-refractivity contribution is 5.97. The number of nitrogens with two attached hydrogens (primary N) is 2. The van der Waals surface area contributed by atoms with Gasteiger partial charge in [-0.1, -0.05) is 72.8 Å². The summed E-state index contributed by atoms with van der Waals surface area (Å²) in [6, 6.07) is 26.9. The SMILES string of the molecule is Cc1ccc(N(CCc2ccc(F)cc2F)C(=O)[C@@H](N)c2ccccc2)cc1C.NC(=O)Cc1ccccc1. The number of anilines is 1. The normalized spacial score (nSPS) is 11.2. The molecule has 39 heavy (non-hydrogen) atoms. The average molecular weight is 530 g/mol. The molecule has 4 N–H and O–H groups in total. The fraction of sp³-hybridized carbons (Fsp3) is 0.188. The first kappa shape index (κ1) is 29.2. The van der Waals surface area contributed by atoms with Crippen LogP contribution in [0, 0.1) is 25.5 Å². The standard InChI is InChI=1S/C24H24F2N2O.C8H9NO/c1-16-8-11-21(14-17(16)2)28(13-12-18-9-10-20(25)15-22(18)26)24(29)23(27)19-6-4-3-5-7-19;9-8(10)6-7-4-2-1-3-5-7/h3-11,14-15,23H,12-13,27H2,1-2H3;1-5H,6H2,(H2,9,10)/t23-;/m0./s1. The zero-order valence-electron chi connectivity index (χ0n) is 22.1. The molecule has 0 aliphatic carbocycles. The summed E-state index contributed by atoms with van der Waals surface area (Å²) in [5, 5.41) is 0. The van der Waals surface area contributed by atoms with Crippen LogP contribution in [0.4, 0.5) is 14.5 Å². The van der Waals surface area contributed by atoms with Crippen molar-refractivity contribution in [1.82, 2.24) is 0 Å². The van der Waals surface area contributed by atoms with Gasteiger partial charge in [0.25, 0.3) is 0 Å². The summed E-state index contributed by atoms with van der Waals surface area (Å²) in [5.74, 6) is -1.81. The van der Waals surface area contributed by atoms with Gasteiger partial charge in [-0.15, -0.1) is 0 Å². The van der Waals surface area contributed by atoms with Gasteiger partial charge in [-0.2, -0.15) is 0 Å². The molecule has 0 aliphatic rings. The summed E-state index contributed by atoms with van der Waals surface area (Å²) in [6.07, 6.45) is 0.577. The summed E-state index contributed by atoms with van der Waals surface area (Å²) >= 11 is 0. The molecule has 0 aromatic heterocycles. The molecule has 4 rings (SSSR count). The van der Waals surface area contributed by atoms with Crippen molar-refractivity contribution >= 4 is 17.5 Å².